The molecule has 0 aliphatic rings. The van der Waals surface area contributed by atoms with Crippen LogP contribution in [-0.2, 0) is 6.67 Å². The van der Waals surface area contributed by atoms with Crippen LogP contribution in [0.2, 0.25) is 0 Å². The number of hydrogen-bond donors (Lipinski definition) is 0. The molecule has 0 aliphatic carbocycles. The van der Waals surface area contributed by atoms with Crippen molar-refractivity contribution in [3.63, 3.8) is 0 Å². The lowest BCUT2D eigenvalue weighted by Crippen LogP contribution is -1.75. The number of aromatic nitrogens is 1. The molecule has 0 saturated carbocycles. The summed E-state index contributed by atoms with van der Waals surface area (Å²) in [6.07, 6.45) is 1.58. The van der Waals surface area contributed by atoms with Crippen LogP contribution in [0.3, 0.4) is 0 Å². The molecule has 2 nitrogen and oxygen atoms in total. The Kier molecular flexibility index (Phi) is 1.35. The monoisotopic (exact) mass is 151 g/mol. The molecule has 1 aromatic carbocycles. The number of nitrogens with zero attached hydrogens (tertiary/aromatic N) is 1. The zero-order valence-electron chi connectivity index (χ0n) is 5.75. The number of fused-ring (bicyclic) bond motifs is 1. The van der Waals surface area contributed by atoms with Crippen LogP contribution in [0.1, 0.15) is 5.56 Å². The van der Waals surface area contributed by atoms with Crippen molar-refractivity contribution in [1.29, 1.82) is 0 Å². The molecule has 0 spiro atoms. The third-order valence-electron chi connectivity index (χ3n) is 1.57. The van der Waals surface area contributed by atoms with E-state index >= 15 is 0 Å². The second kappa shape index (κ2) is 2.34. The quantitative estimate of drug-likeness (QED) is 0.625. The van der Waals surface area contributed by atoms with Gasteiger partial charge in [0.05, 0.1) is 6.20 Å². The van der Waals surface area contributed by atoms with E-state index in [1.165, 1.54) is 0 Å². The van der Waals surface area contributed by atoms with Crippen LogP contribution in [0.25, 0.3) is 11.0 Å². The Morgan fingerprint density at radius 2 is 2.36 bits per heavy atom. The first-order valence-corrected chi connectivity index (χ1v) is 3.29. The van der Waals surface area contributed by atoms with Gasteiger partial charge in [-0.15, -0.1) is 0 Å². The molecule has 0 bridgehead atoms. The highest BCUT2D eigenvalue weighted by atomic mass is 19.1. The minimum absolute atomic E-state index is 0.443. The fourth-order valence-corrected chi connectivity index (χ4v) is 1.00. The smallest absolute Gasteiger partial charge is 0.166 e. The molecule has 0 atom stereocenters. The Labute approximate surface area is 62.6 Å². The maximum absolute atomic E-state index is 12.1. The summed E-state index contributed by atoms with van der Waals surface area (Å²) in [4.78, 5) is 0. The Morgan fingerprint density at radius 1 is 1.45 bits per heavy atom. The van der Waals surface area contributed by atoms with Crippen molar-refractivity contribution in [3.8, 4) is 0 Å². The highest BCUT2D eigenvalue weighted by Crippen LogP contribution is 2.15. The summed E-state index contributed by atoms with van der Waals surface area (Å²) in [7, 11) is 0. The van der Waals surface area contributed by atoms with Gasteiger partial charge in [0.2, 0.25) is 0 Å². The van der Waals surface area contributed by atoms with Gasteiger partial charge in [-0.05, 0) is 17.7 Å². The van der Waals surface area contributed by atoms with Gasteiger partial charge in [-0.2, -0.15) is 0 Å². The first-order valence-electron chi connectivity index (χ1n) is 3.29. The second-order valence-electron chi connectivity index (χ2n) is 2.33. The van der Waals surface area contributed by atoms with E-state index in [2.05, 4.69) is 5.16 Å². The largest absolute Gasteiger partial charge is 0.356 e. The second-order valence-corrected chi connectivity index (χ2v) is 2.33. The standard InChI is InChI=1S/C8H6FNO/c9-4-6-1-2-8-7(3-6)5-10-11-8/h1-3,5H,4H2. The zero-order valence-corrected chi connectivity index (χ0v) is 5.75. The van der Waals surface area contributed by atoms with Crippen molar-refractivity contribution in [3.05, 3.63) is 30.0 Å². The van der Waals surface area contributed by atoms with Gasteiger partial charge >= 0.3 is 0 Å². The number of benzene rings is 1. The van der Waals surface area contributed by atoms with Crippen molar-refractivity contribution >= 4 is 11.0 Å². The van der Waals surface area contributed by atoms with Gasteiger partial charge in [0.1, 0.15) is 6.67 Å². The molecule has 11 heavy (non-hydrogen) atoms. The number of hydrogen-bond acceptors (Lipinski definition) is 2. The molecular formula is C8H6FNO. The fraction of sp³-hybridized carbons (Fsp3) is 0.125. The van der Waals surface area contributed by atoms with E-state index in [4.69, 9.17) is 4.52 Å². The minimum atomic E-state index is -0.443. The lowest BCUT2D eigenvalue weighted by molar-refractivity contribution is 0.456. The van der Waals surface area contributed by atoms with E-state index in [0.717, 1.165) is 5.39 Å². The Bertz CT molecular complexity index is 369. The summed E-state index contributed by atoms with van der Waals surface area (Å²) < 4.78 is 17.0. The molecular weight excluding hydrogens is 145 g/mol. The molecule has 2 aromatic rings. The van der Waals surface area contributed by atoms with Crippen molar-refractivity contribution in [2.45, 2.75) is 6.67 Å². The highest BCUT2D eigenvalue weighted by molar-refractivity contribution is 5.76. The van der Waals surface area contributed by atoms with Crippen LogP contribution in [0.15, 0.2) is 28.9 Å². The van der Waals surface area contributed by atoms with E-state index in [1.54, 1.807) is 24.4 Å². The average Bonchev–Trinajstić information content (AvgIpc) is 2.50. The molecule has 0 unspecified atom stereocenters. The van der Waals surface area contributed by atoms with Gasteiger partial charge in [-0.3, -0.25) is 0 Å². The lowest BCUT2D eigenvalue weighted by Gasteiger charge is -1.90. The van der Waals surface area contributed by atoms with E-state index in [-0.39, 0.29) is 0 Å². The van der Waals surface area contributed by atoms with Gasteiger partial charge in [-0.25, -0.2) is 4.39 Å². The predicted octanol–water partition coefficient (Wildman–Crippen LogP) is 2.30. The highest BCUT2D eigenvalue weighted by Gasteiger charge is 1.98. The summed E-state index contributed by atoms with van der Waals surface area (Å²) in [5.41, 5.74) is 1.35. The van der Waals surface area contributed by atoms with Gasteiger partial charge < -0.3 is 4.52 Å². The Balaban J connectivity index is 2.67. The summed E-state index contributed by atoms with van der Waals surface area (Å²) in [5, 5.41) is 4.43. The van der Waals surface area contributed by atoms with E-state index in [1.807, 2.05) is 0 Å². The molecule has 3 heteroatoms. The normalized spacial score (nSPS) is 10.6. The first kappa shape index (κ1) is 6.34. The lowest BCUT2D eigenvalue weighted by atomic mass is 10.2. The van der Waals surface area contributed by atoms with Gasteiger partial charge in [0.15, 0.2) is 5.58 Å². The predicted molar refractivity (Wildman–Crippen MR) is 38.8 cm³/mol. The molecule has 0 fully saturated rings. The van der Waals surface area contributed by atoms with Crippen LogP contribution in [0.5, 0.6) is 0 Å². The van der Waals surface area contributed by atoms with Crippen molar-refractivity contribution < 1.29 is 8.91 Å². The molecule has 0 amide bonds. The van der Waals surface area contributed by atoms with E-state index in [9.17, 15) is 4.39 Å². The number of alkyl halides is 1. The molecule has 0 N–H and O–H groups in total. The van der Waals surface area contributed by atoms with E-state index in [0.29, 0.717) is 11.1 Å². The van der Waals surface area contributed by atoms with E-state index < -0.39 is 6.67 Å². The van der Waals surface area contributed by atoms with Crippen LogP contribution < -0.4 is 0 Å². The SMILES string of the molecule is FCc1ccc2oncc2c1. The summed E-state index contributed by atoms with van der Waals surface area (Å²) in [5.74, 6) is 0. The molecule has 56 valence electrons. The third kappa shape index (κ3) is 0.981. The molecule has 0 radical (unpaired) electrons. The van der Waals surface area contributed by atoms with Crippen LogP contribution in [0, 0.1) is 0 Å². The molecule has 0 aliphatic heterocycles. The maximum Gasteiger partial charge on any atom is 0.166 e. The first-order chi connectivity index (χ1) is 5.40. The van der Waals surface area contributed by atoms with Crippen LogP contribution in [0.4, 0.5) is 4.39 Å². The van der Waals surface area contributed by atoms with Gasteiger partial charge in [0, 0.05) is 5.39 Å². The summed E-state index contributed by atoms with van der Waals surface area (Å²) in [6.45, 7) is -0.443. The fourth-order valence-electron chi connectivity index (χ4n) is 1.00. The Morgan fingerprint density at radius 3 is 3.18 bits per heavy atom. The summed E-state index contributed by atoms with van der Waals surface area (Å²) >= 11 is 0. The molecule has 1 heterocycles. The number of rotatable bonds is 1. The van der Waals surface area contributed by atoms with Crippen molar-refractivity contribution in [1.82, 2.24) is 5.16 Å². The number of halogens is 1. The van der Waals surface area contributed by atoms with Crippen molar-refractivity contribution in [2.75, 3.05) is 0 Å². The van der Waals surface area contributed by atoms with Crippen LogP contribution >= 0.6 is 0 Å². The molecule has 0 saturated heterocycles. The summed E-state index contributed by atoms with van der Waals surface area (Å²) in [6, 6.07) is 5.14. The average molecular weight is 151 g/mol. The topological polar surface area (TPSA) is 26.0 Å². The third-order valence-corrected chi connectivity index (χ3v) is 1.57. The van der Waals surface area contributed by atoms with Gasteiger partial charge in [0.25, 0.3) is 0 Å². The minimum Gasteiger partial charge on any atom is -0.356 e. The molecule has 2 rings (SSSR count). The Hall–Kier alpha value is -1.38. The van der Waals surface area contributed by atoms with Crippen molar-refractivity contribution in [2.24, 2.45) is 0 Å². The van der Waals surface area contributed by atoms with Gasteiger partial charge in [-0.1, -0.05) is 11.2 Å². The molecule has 1 aromatic heterocycles. The maximum atomic E-state index is 12.1. The zero-order chi connectivity index (χ0) is 7.68. The van der Waals surface area contributed by atoms with Crippen LogP contribution in [-0.4, -0.2) is 5.16 Å².